The fourth-order valence-electron chi connectivity index (χ4n) is 2.71. The fraction of sp³-hybridized carbons (Fsp3) is 0.235. The van der Waals surface area contributed by atoms with Gasteiger partial charge in [-0.05, 0) is 17.7 Å². The van der Waals surface area contributed by atoms with Crippen molar-refractivity contribution in [3.8, 4) is 11.5 Å². The number of rotatable bonds is 5. The predicted molar refractivity (Wildman–Crippen MR) is 95.3 cm³/mol. The molecule has 0 radical (unpaired) electrons. The number of thioether (sulfide) groups is 1. The number of ether oxygens (including phenoxy) is 2. The van der Waals surface area contributed by atoms with Crippen molar-refractivity contribution >= 4 is 29.0 Å². The summed E-state index contributed by atoms with van der Waals surface area (Å²) in [4.78, 5) is 24.7. The molecule has 25 heavy (non-hydrogen) atoms. The number of benzene rings is 2. The molecule has 1 fully saturated rings. The van der Waals surface area contributed by atoms with Crippen LogP contribution in [0, 0.1) is 10.1 Å². The molecule has 2 aromatic rings. The number of hydrogen-bond donors (Lipinski definition) is 0. The zero-order valence-corrected chi connectivity index (χ0v) is 14.5. The first kappa shape index (κ1) is 17.1. The normalized spacial score (nSPS) is 16.8. The molecular weight excluding hydrogens is 344 g/mol. The van der Waals surface area contributed by atoms with Crippen LogP contribution in [0.25, 0.3) is 0 Å². The first-order valence-electron chi connectivity index (χ1n) is 7.45. The maximum Gasteiger partial charge on any atom is 0.269 e. The van der Waals surface area contributed by atoms with Gasteiger partial charge in [0.2, 0.25) is 5.91 Å². The van der Waals surface area contributed by atoms with Gasteiger partial charge in [-0.2, -0.15) is 0 Å². The quantitative estimate of drug-likeness (QED) is 0.600. The summed E-state index contributed by atoms with van der Waals surface area (Å²) in [5.41, 5.74) is 1.30. The standard InChI is InChI=1S/C17H16N2O5S/c1-23-13-6-7-14(15(9-13)24-2)18-16(20)10-25-17(18)11-4-3-5-12(8-11)19(21)22/h3-9,17H,10H2,1-2H3/t17-/m1/s1. The molecule has 7 nitrogen and oxygen atoms in total. The van der Waals surface area contributed by atoms with Crippen LogP contribution in [0.3, 0.4) is 0 Å². The molecule has 0 aliphatic carbocycles. The highest BCUT2D eigenvalue weighted by Crippen LogP contribution is 2.46. The Bertz CT molecular complexity index is 826. The molecule has 8 heteroatoms. The smallest absolute Gasteiger partial charge is 0.269 e. The van der Waals surface area contributed by atoms with E-state index in [1.165, 1.54) is 31.0 Å². The Morgan fingerprint density at radius 2 is 2.00 bits per heavy atom. The van der Waals surface area contributed by atoms with Crippen LogP contribution >= 0.6 is 11.8 Å². The Kier molecular flexibility index (Phi) is 4.80. The molecule has 0 aromatic heterocycles. The highest BCUT2D eigenvalue weighted by molar-refractivity contribution is 8.00. The number of carbonyl (C=O) groups is 1. The molecule has 1 amide bonds. The Morgan fingerprint density at radius 1 is 1.20 bits per heavy atom. The number of amides is 1. The van der Waals surface area contributed by atoms with E-state index >= 15 is 0 Å². The highest BCUT2D eigenvalue weighted by Gasteiger charge is 2.36. The Morgan fingerprint density at radius 3 is 2.68 bits per heavy atom. The number of anilines is 1. The van der Waals surface area contributed by atoms with Crippen LogP contribution in [0.2, 0.25) is 0 Å². The van der Waals surface area contributed by atoms with Gasteiger partial charge in [0, 0.05) is 18.2 Å². The molecular formula is C17H16N2O5S. The molecule has 1 saturated heterocycles. The third-order valence-electron chi connectivity index (χ3n) is 3.88. The van der Waals surface area contributed by atoms with E-state index in [1.807, 2.05) is 0 Å². The van der Waals surface area contributed by atoms with Crippen LogP contribution in [-0.4, -0.2) is 30.8 Å². The molecule has 0 bridgehead atoms. The summed E-state index contributed by atoms with van der Waals surface area (Å²) in [6.07, 6.45) is 0. The van der Waals surface area contributed by atoms with Gasteiger partial charge >= 0.3 is 0 Å². The summed E-state index contributed by atoms with van der Waals surface area (Å²) in [6, 6.07) is 11.6. The zero-order chi connectivity index (χ0) is 18.0. The first-order valence-corrected chi connectivity index (χ1v) is 8.50. The van der Waals surface area contributed by atoms with Gasteiger partial charge in [-0.15, -0.1) is 11.8 Å². The monoisotopic (exact) mass is 360 g/mol. The topological polar surface area (TPSA) is 81.9 Å². The maximum absolute atomic E-state index is 12.5. The summed E-state index contributed by atoms with van der Waals surface area (Å²) in [7, 11) is 3.07. The molecule has 0 saturated carbocycles. The van der Waals surface area contributed by atoms with E-state index in [4.69, 9.17) is 9.47 Å². The second kappa shape index (κ2) is 7.02. The first-order chi connectivity index (χ1) is 12.0. The zero-order valence-electron chi connectivity index (χ0n) is 13.7. The number of nitro benzene ring substituents is 1. The lowest BCUT2D eigenvalue weighted by Gasteiger charge is -2.26. The van der Waals surface area contributed by atoms with E-state index in [0.717, 1.165) is 0 Å². The third-order valence-corrected chi connectivity index (χ3v) is 5.09. The molecule has 3 rings (SSSR count). The van der Waals surface area contributed by atoms with Crippen LogP contribution in [0.4, 0.5) is 11.4 Å². The number of carbonyl (C=O) groups excluding carboxylic acids is 1. The lowest BCUT2D eigenvalue weighted by Crippen LogP contribution is -2.28. The second-order valence-corrected chi connectivity index (χ2v) is 6.39. The Balaban J connectivity index is 2.03. The molecule has 0 unspecified atom stereocenters. The van der Waals surface area contributed by atoms with Gasteiger partial charge in [0.25, 0.3) is 5.69 Å². The summed E-state index contributed by atoms with van der Waals surface area (Å²) < 4.78 is 10.6. The Hall–Kier alpha value is -2.74. The number of hydrogen-bond acceptors (Lipinski definition) is 6. The highest BCUT2D eigenvalue weighted by atomic mass is 32.2. The molecule has 1 atom stereocenters. The molecule has 1 aliphatic heterocycles. The average Bonchev–Trinajstić information content (AvgIpc) is 3.02. The average molecular weight is 360 g/mol. The number of nitrogens with zero attached hydrogens (tertiary/aromatic N) is 2. The number of nitro groups is 1. The summed E-state index contributed by atoms with van der Waals surface area (Å²) in [5.74, 6) is 1.34. The summed E-state index contributed by atoms with van der Waals surface area (Å²) in [6.45, 7) is 0. The van der Waals surface area contributed by atoms with E-state index < -0.39 is 4.92 Å². The molecule has 0 spiro atoms. The predicted octanol–water partition coefficient (Wildman–Crippen LogP) is 3.39. The summed E-state index contributed by atoms with van der Waals surface area (Å²) >= 11 is 1.42. The molecule has 0 N–H and O–H groups in total. The van der Waals surface area contributed by atoms with Gasteiger partial charge in [0.15, 0.2) is 0 Å². The lowest BCUT2D eigenvalue weighted by atomic mass is 10.1. The minimum Gasteiger partial charge on any atom is -0.497 e. The van der Waals surface area contributed by atoms with Gasteiger partial charge in [-0.3, -0.25) is 19.8 Å². The van der Waals surface area contributed by atoms with Gasteiger partial charge in [0.1, 0.15) is 16.9 Å². The van der Waals surface area contributed by atoms with E-state index in [-0.39, 0.29) is 17.0 Å². The van der Waals surface area contributed by atoms with Crippen molar-refractivity contribution in [2.24, 2.45) is 0 Å². The molecule has 130 valence electrons. The maximum atomic E-state index is 12.5. The largest absolute Gasteiger partial charge is 0.497 e. The minimum absolute atomic E-state index is 0.000838. The number of non-ortho nitro benzene ring substituents is 1. The van der Waals surface area contributed by atoms with E-state index in [9.17, 15) is 14.9 Å². The van der Waals surface area contributed by atoms with Crippen molar-refractivity contribution in [2.75, 3.05) is 24.9 Å². The van der Waals surface area contributed by atoms with Crippen LogP contribution in [0.15, 0.2) is 42.5 Å². The third kappa shape index (κ3) is 3.25. The van der Waals surface area contributed by atoms with Crippen LogP contribution < -0.4 is 14.4 Å². The van der Waals surface area contributed by atoms with Crippen LogP contribution in [0.1, 0.15) is 10.9 Å². The minimum atomic E-state index is -0.441. The Labute approximate surface area is 148 Å². The van der Waals surface area contributed by atoms with Crippen LogP contribution in [0.5, 0.6) is 11.5 Å². The van der Waals surface area contributed by atoms with Crippen molar-refractivity contribution < 1.29 is 19.2 Å². The second-order valence-electron chi connectivity index (χ2n) is 5.32. The van der Waals surface area contributed by atoms with Gasteiger partial charge in [-0.25, -0.2) is 0 Å². The van der Waals surface area contributed by atoms with Crippen molar-refractivity contribution in [1.82, 2.24) is 0 Å². The molecule has 1 heterocycles. The van der Waals surface area contributed by atoms with Crippen molar-refractivity contribution in [3.05, 3.63) is 58.1 Å². The van der Waals surface area contributed by atoms with Gasteiger partial charge in [-0.1, -0.05) is 12.1 Å². The summed E-state index contributed by atoms with van der Waals surface area (Å²) in [5, 5.41) is 10.7. The van der Waals surface area contributed by atoms with Crippen molar-refractivity contribution in [3.63, 3.8) is 0 Å². The number of methoxy groups -OCH3 is 2. The lowest BCUT2D eigenvalue weighted by molar-refractivity contribution is -0.384. The van der Waals surface area contributed by atoms with Crippen molar-refractivity contribution in [2.45, 2.75) is 5.37 Å². The van der Waals surface area contributed by atoms with E-state index in [1.54, 1.807) is 42.3 Å². The van der Waals surface area contributed by atoms with Gasteiger partial charge in [0.05, 0.1) is 30.6 Å². The van der Waals surface area contributed by atoms with E-state index in [2.05, 4.69) is 0 Å². The molecule has 1 aliphatic rings. The SMILES string of the molecule is COc1ccc(N2C(=O)CS[C@@H]2c2cccc([N+](=O)[O-])c2)c(OC)c1. The van der Waals surface area contributed by atoms with E-state index in [0.29, 0.717) is 28.5 Å². The van der Waals surface area contributed by atoms with Crippen molar-refractivity contribution in [1.29, 1.82) is 0 Å². The molecule has 2 aromatic carbocycles. The fourth-order valence-corrected chi connectivity index (χ4v) is 3.87. The van der Waals surface area contributed by atoms with Gasteiger partial charge < -0.3 is 9.47 Å². The van der Waals surface area contributed by atoms with Crippen LogP contribution in [-0.2, 0) is 4.79 Å².